The highest BCUT2D eigenvalue weighted by molar-refractivity contribution is 5.58. The lowest BCUT2D eigenvalue weighted by molar-refractivity contribution is 0.00493. The fraction of sp³-hybridized carbons (Fsp3) is 0.600. The molecule has 0 radical (unpaired) electrons. The molecule has 0 aromatic heterocycles. The molecule has 3 nitrogen and oxygen atoms in total. The van der Waals surface area contributed by atoms with Gasteiger partial charge < -0.3 is 16.2 Å². The molecule has 0 atom stereocenters. The van der Waals surface area contributed by atoms with Crippen molar-refractivity contribution in [2.24, 2.45) is 5.92 Å². The van der Waals surface area contributed by atoms with Crippen molar-refractivity contribution in [3.8, 4) is 0 Å². The van der Waals surface area contributed by atoms with Gasteiger partial charge in [0.2, 0.25) is 0 Å². The molecule has 4 N–H and O–H groups in total. The summed E-state index contributed by atoms with van der Waals surface area (Å²) in [5.74, 6) is 0.628. The van der Waals surface area contributed by atoms with Crippen LogP contribution in [0.25, 0.3) is 0 Å². The Hall–Kier alpha value is -1.36. The molecule has 0 saturated heterocycles. The van der Waals surface area contributed by atoms with Crippen LogP contribution in [-0.4, -0.2) is 17.3 Å². The van der Waals surface area contributed by atoms with E-state index in [0.29, 0.717) is 36.7 Å². The summed E-state index contributed by atoms with van der Waals surface area (Å²) in [5, 5.41) is 13.4. The van der Waals surface area contributed by atoms with Gasteiger partial charge in [-0.3, -0.25) is 0 Å². The zero-order valence-electron chi connectivity index (χ0n) is 11.7. The molecule has 0 amide bonds. The van der Waals surface area contributed by atoms with Crippen molar-refractivity contribution in [1.29, 1.82) is 0 Å². The Morgan fingerprint density at radius 1 is 1.40 bits per heavy atom. The van der Waals surface area contributed by atoms with Crippen molar-refractivity contribution in [1.82, 2.24) is 0 Å². The zero-order chi connectivity index (χ0) is 14.8. The Balaban J connectivity index is 2.03. The van der Waals surface area contributed by atoms with Crippen LogP contribution in [0.15, 0.2) is 18.2 Å². The summed E-state index contributed by atoms with van der Waals surface area (Å²) in [6, 6.07) is 4.41. The summed E-state index contributed by atoms with van der Waals surface area (Å²) in [4.78, 5) is 0. The highest BCUT2D eigenvalue weighted by Gasteiger charge is 2.31. The molecule has 0 aliphatic heterocycles. The van der Waals surface area contributed by atoms with Gasteiger partial charge in [0, 0.05) is 23.5 Å². The van der Waals surface area contributed by atoms with Crippen molar-refractivity contribution >= 4 is 11.4 Å². The summed E-state index contributed by atoms with van der Waals surface area (Å²) in [5.41, 5.74) is 5.29. The van der Waals surface area contributed by atoms with E-state index in [1.807, 2.05) is 0 Å². The maximum atomic E-state index is 13.0. The van der Waals surface area contributed by atoms with E-state index >= 15 is 0 Å². The maximum absolute atomic E-state index is 13.0. The molecule has 1 aromatic rings. The molecule has 20 heavy (non-hydrogen) atoms. The van der Waals surface area contributed by atoms with E-state index in [-0.39, 0.29) is 5.56 Å². The Labute approximate surface area is 118 Å². The number of rotatable bonds is 4. The first-order valence-electron chi connectivity index (χ1n) is 7.03. The standard InChI is InChI=1S/C15H22F2N2O/c1-10-4-6-15(20,7-5-10)9-19-13-3-2-11(18)8-12(13)14(16)17/h2-3,8,10,14,19-20H,4-7,9,18H2,1H3. The van der Waals surface area contributed by atoms with Crippen LogP contribution in [0.3, 0.4) is 0 Å². The number of aliphatic hydroxyl groups is 1. The number of hydrogen-bond acceptors (Lipinski definition) is 3. The lowest BCUT2D eigenvalue weighted by Gasteiger charge is -2.35. The minimum Gasteiger partial charge on any atom is -0.399 e. The van der Waals surface area contributed by atoms with Crippen LogP contribution in [0, 0.1) is 5.92 Å². The summed E-state index contributed by atoms with van der Waals surface area (Å²) in [7, 11) is 0. The number of hydrogen-bond donors (Lipinski definition) is 3. The Bertz CT molecular complexity index is 457. The van der Waals surface area contributed by atoms with Gasteiger partial charge in [0.05, 0.1) is 5.60 Å². The van der Waals surface area contributed by atoms with Gasteiger partial charge in [-0.05, 0) is 49.8 Å². The molecule has 0 heterocycles. The second-order valence-electron chi connectivity index (χ2n) is 5.91. The molecular weight excluding hydrogens is 262 g/mol. The first-order chi connectivity index (χ1) is 9.39. The van der Waals surface area contributed by atoms with E-state index in [9.17, 15) is 13.9 Å². The van der Waals surface area contributed by atoms with Crippen LogP contribution in [0.1, 0.15) is 44.6 Å². The largest absolute Gasteiger partial charge is 0.399 e. The first kappa shape index (κ1) is 15.0. The van der Waals surface area contributed by atoms with Crippen LogP contribution in [0.4, 0.5) is 20.2 Å². The number of alkyl halides is 2. The lowest BCUT2D eigenvalue weighted by Crippen LogP contribution is -2.40. The normalized spacial score (nSPS) is 26.8. The number of nitrogens with two attached hydrogens (primary N) is 1. The molecule has 1 fully saturated rings. The highest BCUT2D eigenvalue weighted by Crippen LogP contribution is 2.33. The average molecular weight is 284 g/mol. The van der Waals surface area contributed by atoms with Crippen molar-refractivity contribution < 1.29 is 13.9 Å². The van der Waals surface area contributed by atoms with Gasteiger partial charge in [-0.15, -0.1) is 0 Å². The summed E-state index contributed by atoms with van der Waals surface area (Å²) in [6.45, 7) is 2.46. The van der Waals surface area contributed by atoms with Crippen molar-refractivity contribution in [3.05, 3.63) is 23.8 Å². The van der Waals surface area contributed by atoms with Gasteiger partial charge in [-0.1, -0.05) is 6.92 Å². The van der Waals surface area contributed by atoms with E-state index in [4.69, 9.17) is 5.73 Å². The molecule has 5 heteroatoms. The topological polar surface area (TPSA) is 58.3 Å². The van der Waals surface area contributed by atoms with Crippen molar-refractivity contribution in [2.75, 3.05) is 17.6 Å². The monoisotopic (exact) mass is 284 g/mol. The zero-order valence-corrected chi connectivity index (χ0v) is 11.7. The molecule has 2 rings (SSSR count). The SMILES string of the molecule is CC1CCC(O)(CNc2ccc(N)cc2C(F)F)CC1. The number of benzene rings is 1. The minimum atomic E-state index is -2.58. The summed E-state index contributed by atoms with van der Waals surface area (Å²) >= 11 is 0. The van der Waals surface area contributed by atoms with Crippen LogP contribution >= 0.6 is 0 Å². The molecule has 0 unspecified atom stereocenters. The predicted octanol–water partition coefficient (Wildman–Crippen LogP) is 3.56. The van der Waals surface area contributed by atoms with Crippen LogP contribution in [-0.2, 0) is 0 Å². The fourth-order valence-electron chi connectivity index (χ4n) is 2.66. The second-order valence-corrected chi connectivity index (χ2v) is 5.91. The number of anilines is 2. The number of nitrogens with one attached hydrogen (secondary N) is 1. The predicted molar refractivity (Wildman–Crippen MR) is 76.9 cm³/mol. The van der Waals surface area contributed by atoms with Gasteiger partial charge in [0.1, 0.15) is 0 Å². The van der Waals surface area contributed by atoms with Crippen molar-refractivity contribution in [2.45, 2.75) is 44.6 Å². The Kier molecular flexibility index (Phi) is 4.48. The molecule has 112 valence electrons. The Morgan fingerprint density at radius 3 is 2.65 bits per heavy atom. The third-order valence-electron chi connectivity index (χ3n) is 4.12. The van der Waals surface area contributed by atoms with E-state index in [2.05, 4.69) is 12.2 Å². The van der Waals surface area contributed by atoms with E-state index in [1.165, 1.54) is 6.07 Å². The number of nitrogen functional groups attached to an aromatic ring is 1. The second kappa shape index (κ2) is 5.95. The van der Waals surface area contributed by atoms with Crippen LogP contribution in [0.5, 0.6) is 0 Å². The third kappa shape index (κ3) is 3.60. The van der Waals surface area contributed by atoms with E-state index < -0.39 is 12.0 Å². The maximum Gasteiger partial charge on any atom is 0.265 e. The average Bonchev–Trinajstić information content (AvgIpc) is 2.41. The van der Waals surface area contributed by atoms with Crippen LogP contribution < -0.4 is 11.1 Å². The van der Waals surface area contributed by atoms with Gasteiger partial charge in [0.15, 0.2) is 0 Å². The van der Waals surface area contributed by atoms with Gasteiger partial charge >= 0.3 is 0 Å². The Morgan fingerprint density at radius 2 is 2.05 bits per heavy atom. The highest BCUT2D eigenvalue weighted by atomic mass is 19.3. The fourth-order valence-corrected chi connectivity index (χ4v) is 2.66. The third-order valence-corrected chi connectivity index (χ3v) is 4.12. The van der Waals surface area contributed by atoms with E-state index in [0.717, 1.165) is 12.8 Å². The van der Waals surface area contributed by atoms with Gasteiger partial charge in [-0.2, -0.15) is 0 Å². The molecule has 1 aliphatic rings. The number of halogens is 2. The van der Waals surface area contributed by atoms with E-state index in [1.54, 1.807) is 12.1 Å². The molecule has 0 spiro atoms. The van der Waals surface area contributed by atoms with Gasteiger partial charge in [-0.25, -0.2) is 8.78 Å². The summed E-state index contributed by atoms with van der Waals surface area (Å²) in [6.07, 6.45) is 0.783. The molecule has 0 bridgehead atoms. The minimum absolute atomic E-state index is 0.113. The molecule has 1 aliphatic carbocycles. The van der Waals surface area contributed by atoms with Crippen LogP contribution in [0.2, 0.25) is 0 Å². The molecule has 1 saturated carbocycles. The van der Waals surface area contributed by atoms with Gasteiger partial charge in [0.25, 0.3) is 6.43 Å². The van der Waals surface area contributed by atoms with Crippen molar-refractivity contribution in [3.63, 3.8) is 0 Å². The lowest BCUT2D eigenvalue weighted by atomic mass is 9.79. The molecule has 1 aromatic carbocycles. The molecular formula is C15H22F2N2O. The first-order valence-corrected chi connectivity index (χ1v) is 7.03. The smallest absolute Gasteiger partial charge is 0.265 e. The summed E-state index contributed by atoms with van der Waals surface area (Å²) < 4.78 is 25.9. The quantitative estimate of drug-likeness (QED) is 0.741.